The first-order valence-electron chi connectivity index (χ1n) is 12.9. The summed E-state index contributed by atoms with van der Waals surface area (Å²) in [6.07, 6.45) is 1.78. The van der Waals surface area contributed by atoms with Crippen LogP contribution < -0.4 is 14.5 Å². The second-order valence-electron chi connectivity index (χ2n) is 9.51. The van der Waals surface area contributed by atoms with E-state index in [2.05, 4.69) is 10.5 Å². The number of para-hydroxylation sites is 1. The number of sulfonamides is 1. The van der Waals surface area contributed by atoms with E-state index in [0.717, 1.165) is 28.4 Å². The minimum atomic E-state index is -4.04. The number of rotatable bonds is 10. The number of ether oxygens (including phenoxy) is 1. The molecule has 5 rings (SSSR count). The van der Waals surface area contributed by atoms with Crippen LogP contribution in [0.15, 0.2) is 107 Å². The number of amides is 1. The first kappa shape index (κ1) is 28.7. The lowest BCUT2D eigenvalue weighted by atomic mass is 10.1. The maximum Gasteiger partial charge on any atom is 0.273 e. The number of nitrogens with one attached hydrogen (secondary N) is 1. The van der Waals surface area contributed by atoms with Gasteiger partial charge in [0.15, 0.2) is 0 Å². The first-order valence-corrected chi connectivity index (χ1v) is 15.9. The van der Waals surface area contributed by atoms with Crippen molar-refractivity contribution in [2.45, 2.75) is 24.5 Å². The summed E-state index contributed by atoms with van der Waals surface area (Å²) >= 11 is 7.91. The molecule has 4 aromatic carbocycles. The largest absolute Gasteiger partial charge is 0.489 e. The fourth-order valence-corrected chi connectivity index (χ4v) is 6.27. The molecule has 7 nitrogen and oxygen atoms in total. The zero-order chi connectivity index (χ0) is 28.8. The van der Waals surface area contributed by atoms with Gasteiger partial charge in [-0.3, -0.25) is 9.10 Å². The second kappa shape index (κ2) is 12.8. The molecule has 0 bridgehead atoms. The third kappa shape index (κ3) is 7.11. The number of nitrogens with zero attached hydrogens (tertiary/aromatic N) is 2. The minimum absolute atomic E-state index is 0.00506. The summed E-state index contributed by atoms with van der Waals surface area (Å²) in [5.41, 5.74) is 5.35. The number of hydrogen-bond donors (Lipinski definition) is 1. The van der Waals surface area contributed by atoms with E-state index in [1.807, 2.05) is 43.0 Å². The molecule has 0 aromatic heterocycles. The Morgan fingerprint density at radius 2 is 1.68 bits per heavy atom. The molecule has 4 aromatic rings. The summed E-state index contributed by atoms with van der Waals surface area (Å²) in [6, 6.07) is 27.5. The number of aryl methyl sites for hydroxylation is 1. The molecule has 1 heterocycles. The molecule has 1 aliphatic heterocycles. The Balaban J connectivity index is 1.39. The van der Waals surface area contributed by atoms with Crippen LogP contribution in [0.5, 0.6) is 5.75 Å². The van der Waals surface area contributed by atoms with Crippen LogP contribution in [0, 0.1) is 6.92 Å². The van der Waals surface area contributed by atoms with Gasteiger partial charge in [-0.25, -0.2) is 13.8 Å². The summed E-state index contributed by atoms with van der Waals surface area (Å²) in [5.74, 6) is 2.25. The van der Waals surface area contributed by atoms with Crippen molar-refractivity contribution < 1.29 is 17.9 Å². The van der Waals surface area contributed by atoms with Gasteiger partial charge in [0.05, 0.1) is 28.9 Å². The van der Waals surface area contributed by atoms with Crippen molar-refractivity contribution in [2.24, 2.45) is 5.10 Å². The minimum Gasteiger partial charge on any atom is -0.489 e. The first-order chi connectivity index (χ1) is 19.8. The number of hydrazone groups is 1. The van der Waals surface area contributed by atoms with Gasteiger partial charge in [-0.1, -0.05) is 53.6 Å². The van der Waals surface area contributed by atoms with E-state index in [-0.39, 0.29) is 28.8 Å². The Morgan fingerprint density at radius 3 is 2.34 bits per heavy atom. The average Bonchev–Trinajstić information content (AvgIpc) is 2.95. The van der Waals surface area contributed by atoms with Crippen LogP contribution >= 0.6 is 23.4 Å². The van der Waals surface area contributed by atoms with Crippen LogP contribution in [0.2, 0.25) is 5.02 Å². The van der Waals surface area contributed by atoms with Crippen molar-refractivity contribution in [1.29, 1.82) is 0 Å². The Morgan fingerprint density at radius 1 is 1.00 bits per heavy atom. The highest BCUT2D eigenvalue weighted by Crippen LogP contribution is 2.30. The molecule has 41 heavy (non-hydrogen) atoms. The Kier molecular flexibility index (Phi) is 8.97. The van der Waals surface area contributed by atoms with Gasteiger partial charge in [0.2, 0.25) is 0 Å². The highest BCUT2D eigenvalue weighted by atomic mass is 35.5. The molecule has 1 saturated heterocycles. The fraction of sp³-hybridized carbons (Fsp3) is 0.161. The number of thioether (sulfide) groups is 1. The van der Waals surface area contributed by atoms with Gasteiger partial charge < -0.3 is 4.74 Å². The summed E-state index contributed by atoms with van der Waals surface area (Å²) in [5, 5.41) is 4.65. The quantitative estimate of drug-likeness (QED) is 0.169. The summed E-state index contributed by atoms with van der Waals surface area (Å²) in [6.45, 7) is 1.88. The molecular weight excluding hydrogens is 578 g/mol. The van der Waals surface area contributed by atoms with Crippen LogP contribution in [-0.4, -0.2) is 38.1 Å². The zero-order valence-electron chi connectivity index (χ0n) is 22.2. The Labute approximate surface area is 249 Å². The third-order valence-electron chi connectivity index (χ3n) is 6.44. The fourth-order valence-electron chi connectivity index (χ4n) is 4.11. The van der Waals surface area contributed by atoms with E-state index < -0.39 is 15.9 Å². The van der Waals surface area contributed by atoms with Crippen LogP contribution in [0.1, 0.15) is 27.0 Å². The normalized spacial score (nSPS) is 13.5. The van der Waals surface area contributed by atoms with Gasteiger partial charge in [0.25, 0.3) is 15.9 Å². The monoisotopic (exact) mass is 605 g/mol. The Hall–Kier alpha value is -3.79. The molecule has 1 aliphatic rings. The molecule has 10 heteroatoms. The SMILES string of the molecule is Cc1ccc(S(=O)(=O)N(Cc2ccc(Cl)cc2)c2ccccc2C(=O)NN=Cc2ccc(OC3CSC3)cc2)cc1. The van der Waals surface area contributed by atoms with Crippen molar-refractivity contribution in [3.63, 3.8) is 0 Å². The van der Waals surface area contributed by atoms with Crippen molar-refractivity contribution in [1.82, 2.24) is 5.43 Å². The standard InChI is InChI=1S/C31H28ClN3O4S2/c1-22-6-16-28(17-7-22)41(37,38)35(19-24-8-12-25(32)13-9-24)30-5-3-2-4-29(30)31(36)34-33-18-23-10-14-26(15-11-23)39-27-20-40-21-27/h2-18,27H,19-21H2,1H3,(H,34,36). The highest BCUT2D eigenvalue weighted by Gasteiger charge is 2.28. The summed E-state index contributed by atoms with van der Waals surface area (Å²) in [4.78, 5) is 13.4. The summed E-state index contributed by atoms with van der Waals surface area (Å²) < 4.78 is 35.0. The molecule has 0 aliphatic carbocycles. The van der Waals surface area contributed by atoms with E-state index in [4.69, 9.17) is 16.3 Å². The van der Waals surface area contributed by atoms with Crippen molar-refractivity contribution in [2.75, 3.05) is 15.8 Å². The Bertz CT molecular complexity index is 1640. The number of benzene rings is 4. The van der Waals surface area contributed by atoms with Gasteiger partial charge in [-0.15, -0.1) is 0 Å². The van der Waals surface area contributed by atoms with E-state index in [9.17, 15) is 13.2 Å². The number of carbonyl (C=O) groups is 1. The zero-order valence-corrected chi connectivity index (χ0v) is 24.6. The highest BCUT2D eigenvalue weighted by molar-refractivity contribution is 8.00. The van der Waals surface area contributed by atoms with E-state index >= 15 is 0 Å². The predicted molar refractivity (Wildman–Crippen MR) is 166 cm³/mol. The molecule has 0 atom stereocenters. The number of carbonyl (C=O) groups excluding carboxylic acids is 1. The molecule has 0 radical (unpaired) electrons. The molecule has 0 unspecified atom stereocenters. The topological polar surface area (TPSA) is 88.1 Å². The van der Waals surface area contributed by atoms with Crippen LogP contribution in [0.4, 0.5) is 5.69 Å². The van der Waals surface area contributed by atoms with Gasteiger partial charge in [-0.2, -0.15) is 16.9 Å². The average molecular weight is 606 g/mol. The third-order valence-corrected chi connectivity index (χ3v) is 9.68. The lowest BCUT2D eigenvalue weighted by molar-refractivity contribution is 0.0955. The van der Waals surface area contributed by atoms with E-state index in [1.54, 1.807) is 72.8 Å². The lowest BCUT2D eigenvalue weighted by Gasteiger charge is -2.26. The van der Waals surface area contributed by atoms with Crippen molar-refractivity contribution in [3.05, 3.63) is 124 Å². The molecular formula is C31H28ClN3O4S2. The lowest BCUT2D eigenvalue weighted by Crippen LogP contribution is -2.33. The molecule has 1 amide bonds. The molecule has 210 valence electrons. The van der Waals surface area contributed by atoms with Gasteiger partial charge in [-0.05, 0) is 78.7 Å². The van der Waals surface area contributed by atoms with Crippen molar-refractivity contribution in [3.8, 4) is 5.75 Å². The van der Waals surface area contributed by atoms with E-state index in [0.29, 0.717) is 10.6 Å². The van der Waals surface area contributed by atoms with Crippen LogP contribution in [0.3, 0.4) is 0 Å². The van der Waals surface area contributed by atoms with Gasteiger partial charge in [0.1, 0.15) is 11.9 Å². The summed E-state index contributed by atoms with van der Waals surface area (Å²) in [7, 11) is -4.04. The van der Waals surface area contributed by atoms with Crippen molar-refractivity contribution >= 4 is 51.2 Å². The molecule has 1 fully saturated rings. The maximum absolute atomic E-state index is 13.9. The second-order valence-corrected chi connectivity index (χ2v) is 12.9. The molecule has 0 saturated carbocycles. The molecule has 0 spiro atoms. The molecule has 1 N–H and O–H groups in total. The van der Waals surface area contributed by atoms with E-state index in [1.165, 1.54) is 10.5 Å². The van der Waals surface area contributed by atoms with Crippen LogP contribution in [0.25, 0.3) is 0 Å². The van der Waals surface area contributed by atoms with Gasteiger partial charge >= 0.3 is 0 Å². The number of halogens is 1. The number of anilines is 1. The van der Waals surface area contributed by atoms with Gasteiger partial charge in [0, 0.05) is 16.5 Å². The number of hydrogen-bond acceptors (Lipinski definition) is 6. The smallest absolute Gasteiger partial charge is 0.273 e. The predicted octanol–water partition coefficient (Wildman–Crippen LogP) is 6.30. The van der Waals surface area contributed by atoms with Crippen LogP contribution in [-0.2, 0) is 16.6 Å². The maximum atomic E-state index is 13.9.